The smallest absolute Gasteiger partial charge is 0.354 e. The number of carboxylic acid groups (broad SMARTS) is 1. The number of urea groups is 1. The second-order valence-corrected chi connectivity index (χ2v) is 4.21. The van der Waals surface area contributed by atoms with Crippen LogP contribution in [-0.2, 0) is 4.74 Å². The summed E-state index contributed by atoms with van der Waals surface area (Å²) < 4.78 is 5.16. The number of morpholine rings is 1. The molecule has 1 aromatic heterocycles. The van der Waals surface area contributed by atoms with E-state index in [0.29, 0.717) is 32.0 Å². The Morgan fingerprint density at radius 2 is 2.11 bits per heavy atom. The third kappa shape index (κ3) is 3.46. The highest BCUT2D eigenvalue weighted by molar-refractivity contribution is 5.98. The van der Waals surface area contributed by atoms with Crippen molar-refractivity contribution in [3.8, 4) is 0 Å². The van der Waals surface area contributed by atoms with Gasteiger partial charge in [-0.3, -0.25) is 5.43 Å². The van der Waals surface area contributed by atoms with Crippen molar-refractivity contribution in [3.63, 3.8) is 0 Å². The quantitative estimate of drug-likeness (QED) is 0.634. The number of ether oxygens (including phenoxy) is 1. The molecular weight excluding hydrogens is 252 g/mol. The van der Waals surface area contributed by atoms with Crippen molar-refractivity contribution in [2.24, 2.45) is 0 Å². The molecule has 0 aliphatic carbocycles. The number of nitrogens with one attached hydrogen (secondary N) is 3. The minimum atomic E-state index is -1.12. The number of amides is 2. The zero-order valence-electron chi connectivity index (χ0n) is 10.5. The maximum atomic E-state index is 11.8. The summed E-state index contributed by atoms with van der Waals surface area (Å²) in [5, 5.41) is 13.2. The highest BCUT2D eigenvalue weighted by atomic mass is 16.5. The first-order valence-corrected chi connectivity index (χ1v) is 5.89. The van der Waals surface area contributed by atoms with Crippen LogP contribution in [0.25, 0.3) is 0 Å². The van der Waals surface area contributed by atoms with Crippen molar-refractivity contribution in [3.05, 3.63) is 17.5 Å². The van der Waals surface area contributed by atoms with Crippen LogP contribution in [0.1, 0.15) is 16.2 Å². The van der Waals surface area contributed by atoms with Crippen molar-refractivity contribution >= 4 is 17.7 Å². The Morgan fingerprint density at radius 3 is 2.74 bits per heavy atom. The summed E-state index contributed by atoms with van der Waals surface area (Å²) in [6.45, 7) is 4.04. The lowest BCUT2D eigenvalue weighted by molar-refractivity contribution is 0.0207. The lowest BCUT2D eigenvalue weighted by Crippen LogP contribution is -2.49. The highest BCUT2D eigenvalue weighted by Gasteiger charge is 2.17. The third-order valence-corrected chi connectivity index (χ3v) is 2.69. The molecule has 1 aliphatic heterocycles. The molecule has 1 fully saturated rings. The van der Waals surface area contributed by atoms with E-state index in [1.807, 2.05) is 0 Å². The van der Waals surface area contributed by atoms with Gasteiger partial charge in [0.25, 0.3) is 0 Å². The number of carboxylic acids is 1. The molecular formula is C11H16N4O4. The SMILES string of the molecule is Cc1cc(NC(=O)NN2CCOCC2)c(C(=O)O)[nH]1. The molecule has 0 unspecified atom stereocenters. The van der Waals surface area contributed by atoms with E-state index >= 15 is 0 Å². The van der Waals surface area contributed by atoms with Gasteiger partial charge in [0.2, 0.25) is 0 Å². The normalized spacial score (nSPS) is 16.1. The lowest BCUT2D eigenvalue weighted by Gasteiger charge is -2.26. The predicted octanol–water partition coefficient (Wildman–Crippen LogP) is 0.390. The first kappa shape index (κ1) is 13.4. The first-order valence-electron chi connectivity index (χ1n) is 5.89. The molecule has 0 radical (unpaired) electrons. The number of aromatic amines is 1. The van der Waals surface area contributed by atoms with Crippen LogP contribution < -0.4 is 10.7 Å². The van der Waals surface area contributed by atoms with Crippen LogP contribution in [0, 0.1) is 6.92 Å². The maximum absolute atomic E-state index is 11.8. The van der Waals surface area contributed by atoms with E-state index < -0.39 is 12.0 Å². The summed E-state index contributed by atoms with van der Waals surface area (Å²) in [5.41, 5.74) is 3.52. The average molecular weight is 268 g/mol. The number of rotatable bonds is 3. The monoisotopic (exact) mass is 268 g/mol. The number of hydrazine groups is 1. The van der Waals surface area contributed by atoms with Gasteiger partial charge in [-0.15, -0.1) is 0 Å². The van der Waals surface area contributed by atoms with Crippen LogP contribution in [-0.4, -0.2) is 53.4 Å². The highest BCUT2D eigenvalue weighted by Crippen LogP contribution is 2.16. The molecule has 0 spiro atoms. The average Bonchev–Trinajstić information content (AvgIpc) is 2.71. The topological polar surface area (TPSA) is 107 Å². The third-order valence-electron chi connectivity index (χ3n) is 2.69. The molecule has 4 N–H and O–H groups in total. The van der Waals surface area contributed by atoms with Gasteiger partial charge in [0.05, 0.1) is 18.9 Å². The molecule has 2 rings (SSSR count). The van der Waals surface area contributed by atoms with Crippen LogP contribution in [0.4, 0.5) is 10.5 Å². The Kier molecular flexibility index (Phi) is 4.03. The molecule has 8 nitrogen and oxygen atoms in total. The van der Waals surface area contributed by atoms with Crippen LogP contribution in [0.2, 0.25) is 0 Å². The van der Waals surface area contributed by atoms with Gasteiger partial charge in [-0.25, -0.2) is 14.6 Å². The number of H-pyrrole nitrogens is 1. The van der Waals surface area contributed by atoms with Crippen molar-refractivity contribution < 1.29 is 19.4 Å². The standard InChI is InChI=1S/C11H16N4O4/c1-7-6-8(9(12-7)10(16)17)13-11(18)14-15-2-4-19-5-3-15/h6,12H,2-5H2,1H3,(H,16,17)(H2,13,14,18). The van der Waals surface area contributed by atoms with Crippen molar-refractivity contribution in [1.82, 2.24) is 15.4 Å². The van der Waals surface area contributed by atoms with Gasteiger partial charge >= 0.3 is 12.0 Å². The number of carbonyl (C=O) groups excluding carboxylic acids is 1. The molecule has 1 aromatic rings. The van der Waals surface area contributed by atoms with E-state index in [4.69, 9.17) is 9.84 Å². The number of anilines is 1. The molecule has 0 bridgehead atoms. The Labute approximate surface area is 109 Å². The Balaban J connectivity index is 1.96. The maximum Gasteiger partial charge on any atom is 0.354 e. The van der Waals surface area contributed by atoms with Crippen molar-refractivity contribution in [2.75, 3.05) is 31.6 Å². The molecule has 104 valence electrons. The number of hydrogen-bond donors (Lipinski definition) is 4. The van der Waals surface area contributed by atoms with E-state index in [9.17, 15) is 9.59 Å². The van der Waals surface area contributed by atoms with Crippen LogP contribution in [0.15, 0.2) is 6.07 Å². The summed E-state index contributed by atoms with van der Waals surface area (Å²) in [6.07, 6.45) is 0. The summed E-state index contributed by atoms with van der Waals surface area (Å²) in [7, 11) is 0. The van der Waals surface area contributed by atoms with Gasteiger partial charge < -0.3 is 20.1 Å². The Morgan fingerprint density at radius 1 is 1.42 bits per heavy atom. The fraction of sp³-hybridized carbons (Fsp3) is 0.455. The number of carbonyl (C=O) groups is 2. The van der Waals surface area contributed by atoms with Gasteiger partial charge in [-0.05, 0) is 13.0 Å². The van der Waals surface area contributed by atoms with E-state index in [1.54, 1.807) is 18.0 Å². The van der Waals surface area contributed by atoms with E-state index in [0.717, 1.165) is 0 Å². The van der Waals surface area contributed by atoms with Crippen molar-refractivity contribution in [2.45, 2.75) is 6.92 Å². The number of nitrogens with zero attached hydrogens (tertiary/aromatic N) is 1. The molecule has 0 saturated carbocycles. The van der Waals surface area contributed by atoms with Gasteiger partial charge in [0.15, 0.2) is 0 Å². The fourth-order valence-corrected chi connectivity index (χ4v) is 1.83. The van der Waals surface area contributed by atoms with E-state index in [-0.39, 0.29) is 11.4 Å². The second-order valence-electron chi connectivity index (χ2n) is 4.21. The minimum Gasteiger partial charge on any atom is -0.477 e. The Hall–Kier alpha value is -2.06. The number of aromatic carboxylic acids is 1. The largest absolute Gasteiger partial charge is 0.477 e. The van der Waals surface area contributed by atoms with Gasteiger partial charge in [-0.2, -0.15) is 0 Å². The molecule has 2 amide bonds. The van der Waals surface area contributed by atoms with Gasteiger partial charge in [0.1, 0.15) is 5.69 Å². The summed E-state index contributed by atoms with van der Waals surface area (Å²) in [6, 6.07) is 1.10. The van der Waals surface area contributed by atoms with Gasteiger partial charge in [-0.1, -0.05) is 0 Å². The molecule has 2 heterocycles. The molecule has 0 aromatic carbocycles. The molecule has 1 aliphatic rings. The van der Waals surface area contributed by atoms with Crippen LogP contribution >= 0.6 is 0 Å². The van der Waals surface area contributed by atoms with E-state index in [2.05, 4.69) is 15.7 Å². The number of aromatic nitrogens is 1. The molecule has 8 heteroatoms. The van der Waals surface area contributed by atoms with Crippen LogP contribution in [0.5, 0.6) is 0 Å². The first-order chi connectivity index (χ1) is 9.06. The fourth-order valence-electron chi connectivity index (χ4n) is 1.83. The number of hydrogen-bond acceptors (Lipinski definition) is 4. The van der Waals surface area contributed by atoms with Gasteiger partial charge in [0, 0.05) is 18.8 Å². The summed E-state index contributed by atoms with van der Waals surface area (Å²) >= 11 is 0. The second kappa shape index (κ2) is 5.72. The predicted molar refractivity (Wildman–Crippen MR) is 67.0 cm³/mol. The summed E-state index contributed by atoms with van der Waals surface area (Å²) in [5.74, 6) is -1.12. The lowest BCUT2D eigenvalue weighted by atomic mass is 10.3. The van der Waals surface area contributed by atoms with Crippen molar-refractivity contribution in [1.29, 1.82) is 0 Å². The number of aryl methyl sites for hydroxylation is 1. The van der Waals surface area contributed by atoms with E-state index in [1.165, 1.54) is 0 Å². The minimum absolute atomic E-state index is 0.0328. The summed E-state index contributed by atoms with van der Waals surface area (Å²) in [4.78, 5) is 25.4. The Bertz CT molecular complexity index is 479. The molecule has 0 atom stereocenters. The molecule has 19 heavy (non-hydrogen) atoms. The molecule has 1 saturated heterocycles. The van der Waals surface area contributed by atoms with Crippen LogP contribution in [0.3, 0.4) is 0 Å². The zero-order chi connectivity index (χ0) is 13.8. The zero-order valence-corrected chi connectivity index (χ0v) is 10.5.